The van der Waals surface area contributed by atoms with Crippen LogP contribution >= 0.6 is 0 Å². The minimum absolute atomic E-state index is 0.0104. The zero-order valence-corrected chi connectivity index (χ0v) is 11.1. The number of hydrogen-bond acceptors (Lipinski definition) is 4. The number of nitrogens with zero attached hydrogens (tertiary/aromatic N) is 4. The fourth-order valence-corrected chi connectivity index (χ4v) is 1.59. The number of hydrogen-bond donors (Lipinski definition) is 0. The lowest BCUT2D eigenvalue weighted by Crippen LogP contribution is -2.37. The van der Waals surface area contributed by atoms with Gasteiger partial charge in [-0.15, -0.1) is 0 Å². The summed E-state index contributed by atoms with van der Waals surface area (Å²) in [6, 6.07) is 3.80. The Morgan fingerprint density at radius 3 is 2.78 bits per heavy atom. The second-order valence-corrected chi connectivity index (χ2v) is 4.21. The van der Waals surface area contributed by atoms with Gasteiger partial charge in [-0.2, -0.15) is 5.26 Å². The monoisotopic (exact) mass is 246 g/mol. The van der Waals surface area contributed by atoms with E-state index in [1.807, 2.05) is 11.8 Å². The molecule has 0 aliphatic rings. The van der Waals surface area contributed by atoms with Gasteiger partial charge in [-0.25, -0.2) is 0 Å². The Labute approximate surface area is 108 Å². The molecular weight excluding hydrogens is 228 g/mol. The van der Waals surface area contributed by atoms with Gasteiger partial charge < -0.3 is 9.80 Å². The molecule has 0 N–H and O–H groups in total. The average molecular weight is 246 g/mol. The van der Waals surface area contributed by atoms with Crippen LogP contribution in [0.15, 0.2) is 18.5 Å². The molecule has 0 aromatic carbocycles. The summed E-state index contributed by atoms with van der Waals surface area (Å²) in [5.41, 5.74) is 1.27. The van der Waals surface area contributed by atoms with E-state index < -0.39 is 0 Å². The summed E-state index contributed by atoms with van der Waals surface area (Å²) in [6.07, 6.45) is 4.12. The van der Waals surface area contributed by atoms with Crippen LogP contribution in [-0.2, 0) is 4.79 Å². The van der Waals surface area contributed by atoms with Gasteiger partial charge in [-0.05, 0) is 12.5 Å². The van der Waals surface area contributed by atoms with Crippen molar-refractivity contribution in [2.75, 3.05) is 32.1 Å². The van der Waals surface area contributed by atoms with Gasteiger partial charge in [-0.1, -0.05) is 6.92 Å². The van der Waals surface area contributed by atoms with Gasteiger partial charge in [0.25, 0.3) is 0 Å². The van der Waals surface area contributed by atoms with Crippen molar-refractivity contribution in [3.05, 3.63) is 24.0 Å². The SMILES string of the molecule is CCCN(CC(=O)N(C)C)c1cnccc1C#N. The largest absolute Gasteiger partial charge is 0.360 e. The van der Waals surface area contributed by atoms with Gasteiger partial charge in [0.05, 0.1) is 24.0 Å². The zero-order valence-electron chi connectivity index (χ0n) is 11.1. The first kappa shape index (κ1) is 14.0. The van der Waals surface area contributed by atoms with E-state index in [2.05, 4.69) is 11.1 Å². The highest BCUT2D eigenvalue weighted by Crippen LogP contribution is 2.18. The standard InChI is InChI=1S/C13H18N4O/c1-4-7-17(10-13(18)16(2)3)12-9-15-6-5-11(12)8-14/h5-6,9H,4,7,10H2,1-3H3. The van der Waals surface area contributed by atoms with Crippen LogP contribution in [0.3, 0.4) is 0 Å². The Morgan fingerprint density at radius 1 is 1.50 bits per heavy atom. The summed E-state index contributed by atoms with van der Waals surface area (Å²) >= 11 is 0. The molecule has 1 rings (SSSR count). The van der Waals surface area contributed by atoms with Crippen LogP contribution in [0.25, 0.3) is 0 Å². The molecule has 1 aromatic rings. The van der Waals surface area contributed by atoms with E-state index in [4.69, 9.17) is 5.26 Å². The van der Waals surface area contributed by atoms with Gasteiger partial charge in [0, 0.05) is 26.8 Å². The van der Waals surface area contributed by atoms with Gasteiger partial charge in [0.15, 0.2) is 0 Å². The molecule has 1 amide bonds. The molecule has 0 bridgehead atoms. The highest BCUT2D eigenvalue weighted by molar-refractivity contribution is 5.81. The van der Waals surface area contributed by atoms with Crippen molar-refractivity contribution in [2.45, 2.75) is 13.3 Å². The van der Waals surface area contributed by atoms with Crippen LogP contribution in [0, 0.1) is 11.3 Å². The van der Waals surface area contributed by atoms with Crippen molar-refractivity contribution < 1.29 is 4.79 Å². The molecule has 0 aliphatic carbocycles. The quantitative estimate of drug-likeness (QED) is 0.784. The van der Waals surface area contributed by atoms with Crippen LogP contribution in [0.5, 0.6) is 0 Å². The third-order valence-corrected chi connectivity index (χ3v) is 2.58. The van der Waals surface area contributed by atoms with E-state index in [0.717, 1.165) is 18.7 Å². The number of amides is 1. The van der Waals surface area contributed by atoms with Crippen molar-refractivity contribution in [3.8, 4) is 6.07 Å². The normalized spacial score (nSPS) is 9.67. The van der Waals surface area contributed by atoms with E-state index in [0.29, 0.717) is 5.56 Å². The molecule has 5 nitrogen and oxygen atoms in total. The van der Waals surface area contributed by atoms with Crippen LogP contribution in [0.1, 0.15) is 18.9 Å². The van der Waals surface area contributed by atoms with E-state index in [9.17, 15) is 4.79 Å². The van der Waals surface area contributed by atoms with Crippen molar-refractivity contribution in [1.29, 1.82) is 5.26 Å². The molecule has 96 valence electrons. The van der Waals surface area contributed by atoms with Gasteiger partial charge in [-0.3, -0.25) is 9.78 Å². The minimum atomic E-state index is 0.0104. The number of carbonyl (C=O) groups excluding carboxylic acids is 1. The molecule has 0 fully saturated rings. The molecule has 5 heteroatoms. The second kappa shape index (κ2) is 6.60. The van der Waals surface area contributed by atoms with E-state index in [1.165, 1.54) is 0 Å². The van der Waals surface area contributed by atoms with Crippen molar-refractivity contribution in [2.24, 2.45) is 0 Å². The molecule has 0 saturated heterocycles. The van der Waals surface area contributed by atoms with Crippen LogP contribution in [-0.4, -0.2) is 43.0 Å². The summed E-state index contributed by atoms with van der Waals surface area (Å²) in [5, 5.41) is 9.08. The smallest absolute Gasteiger partial charge is 0.241 e. The fourth-order valence-electron chi connectivity index (χ4n) is 1.59. The third-order valence-electron chi connectivity index (χ3n) is 2.58. The van der Waals surface area contributed by atoms with Crippen molar-refractivity contribution in [1.82, 2.24) is 9.88 Å². The van der Waals surface area contributed by atoms with Gasteiger partial charge in [0.2, 0.25) is 5.91 Å². The summed E-state index contributed by atoms with van der Waals surface area (Å²) in [4.78, 5) is 19.3. The lowest BCUT2D eigenvalue weighted by atomic mass is 10.2. The molecule has 1 heterocycles. The fraction of sp³-hybridized carbons (Fsp3) is 0.462. The van der Waals surface area contributed by atoms with Gasteiger partial charge >= 0.3 is 0 Å². The first-order chi connectivity index (χ1) is 8.60. The topological polar surface area (TPSA) is 60.2 Å². The number of aromatic nitrogens is 1. The molecular formula is C13H18N4O. The Kier molecular flexibility index (Phi) is 5.12. The summed E-state index contributed by atoms with van der Waals surface area (Å²) in [7, 11) is 3.45. The minimum Gasteiger partial charge on any atom is -0.360 e. The lowest BCUT2D eigenvalue weighted by Gasteiger charge is -2.25. The van der Waals surface area contributed by atoms with E-state index in [-0.39, 0.29) is 12.5 Å². The molecule has 0 atom stereocenters. The maximum absolute atomic E-state index is 11.8. The second-order valence-electron chi connectivity index (χ2n) is 4.21. The number of pyridine rings is 1. The molecule has 0 unspecified atom stereocenters. The maximum atomic E-state index is 11.8. The Hall–Kier alpha value is -2.09. The molecule has 0 spiro atoms. The van der Waals surface area contributed by atoms with Crippen LogP contribution in [0.4, 0.5) is 5.69 Å². The molecule has 1 aromatic heterocycles. The van der Waals surface area contributed by atoms with Crippen LogP contribution < -0.4 is 4.90 Å². The highest BCUT2D eigenvalue weighted by Gasteiger charge is 2.15. The molecule has 18 heavy (non-hydrogen) atoms. The van der Waals surface area contributed by atoms with E-state index in [1.54, 1.807) is 37.5 Å². The van der Waals surface area contributed by atoms with Crippen LogP contribution in [0.2, 0.25) is 0 Å². The Bertz CT molecular complexity index is 451. The van der Waals surface area contributed by atoms with Crippen molar-refractivity contribution in [3.63, 3.8) is 0 Å². The first-order valence-electron chi connectivity index (χ1n) is 5.89. The number of nitriles is 1. The highest BCUT2D eigenvalue weighted by atomic mass is 16.2. The third kappa shape index (κ3) is 3.45. The van der Waals surface area contributed by atoms with Gasteiger partial charge in [0.1, 0.15) is 6.07 Å². The number of rotatable bonds is 5. The Morgan fingerprint density at radius 2 is 2.22 bits per heavy atom. The maximum Gasteiger partial charge on any atom is 0.241 e. The number of anilines is 1. The molecule has 0 saturated carbocycles. The van der Waals surface area contributed by atoms with E-state index >= 15 is 0 Å². The number of carbonyl (C=O) groups is 1. The lowest BCUT2D eigenvalue weighted by molar-refractivity contribution is -0.127. The molecule has 0 aliphatic heterocycles. The predicted octanol–water partition coefficient (Wildman–Crippen LogP) is 1.26. The summed E-state index contributed by atoms with van der Waals surface area (Å²) in [5.74, 6) is 0.0104. The number of likely N-dealkylation sites (N-methyl/N-ethyl adjacent to an activating group) is 1. The molecule has 0 radical (unpaired) electrons. The first-order valence-corrected chi connectivity index (χ1v) is 5.89. The van der Waals surface area contributed by atoms with Crippen molar-refractivity contribution >= 4 is 11.6 Å². The summed E-state index contributed by atoms with van der Waals surface area (Å²) < 4.78 is 0. The summed E-state index contributed by atoms with van der Waals surface area (Å²) in [6.45, 7) is 3.02. The average Bonchev–Trinajstić information content (AvgIpc) is 2.38. The zero-order chi connectivity index (χ0) is 13.5. The Balaban J connectivity index is 2.97. The predicted molar refractivity (Wildman–Crippen MR) is 70.2 cm³/mol.